The van der Waals surface area contributed by atoms with Crippen LogP contribution in [-0.2, 0) is 26.2 Å². The molecule has 2 rings (SSSR count). The summed E-state index contributed by atoms with van der Waals surface area (Å²) in [5.74, 6) is -1.38. The maximum atomic E-state index is 13.3. The molecule has 1 unspecified atom stereocenters. The van der Waals surface area contributed by atoms with Gasteiger partial charge in [0.2, 0.25) is 21.8 Å². The fourth-order valence-corrected chi connectivity index (χ4v) is 4.32. The summed E-state index contributed by atoms with van der Waals surface area (Å²) in [6.45, 7) is 4.88. The molecule has 0 bridgehead atoms. The predicted molar refractivity (Wildman–Crippen MR) is 123 cm³/mol. The zero-order valence-electron chi connectivity index (χ0n) is 18.4. The first-order valence-corrected chi connectivity index (χ1v) is 12.2. The summed E-state index contributed by atoms with van der Waals surface area (Å²) in [5, 5.41) is 3.11. The van der Waals surface area contributed by atoms with Crippen LogP contribution < -0.4 is 9.62 Å². The smallest absolute Gasteiger partial charge is 0.244 e. The molecule has 0 heterocycles. The first-order valence-electron chi connectivity index (χ1n) is 9.99. The van der Waals surface area contributed by atoms with Crippen LogP contribution in [0.25, 0.3) is 0 Å². The lowest BCUT2D eigenvalue weighted by Gasteiger charge is -2.31. The standard InChI is InChI=1S/C22H27ClFN3O4S/c1-5-25-22(29)16(3)26(13-17-6-9-19(24)10-7-17)21(28)14-27(32(4,30)31)20-11-8-18(23)12-15(20)2/h6-12,16H,5,13-14H2,1-4H3,(H,25,29). The summed E-state index contributed by atoms with van der Waals surface area (Å²) in [4.78, 5) is 27.1. The average molecular weight is 484 g/mol. The van der Waals surface area contributed by atoms with Gasteiger partial charge < -0.3 is 10.2 Å². The van der Waals surface area contributed by atoms with Crippen molar-refractivity contribution in [2.75, 3.05) is 23.7 Å². The molecule has 0 radical (unpaired) electrons. The summed E-state index contributed by atoms with van der Waals surface area (Å²) in [7, 11) is -3.82. The Morgan fingerprint density at radius 1 is 1.16 bits per heavy atom. The highest BCUT2D eigenvalue weighted by atomic mass is 35.5. The first-order chi connectivity index (χ1) is 14.9. The molecule has 0 saturated carbocycles. The molecule has 10 heteroatoms. The molecule has 2 aromatic rings. The Morgan fingerprint density at radius 3 is 2.31 bits per heavy atom. The molecule has 2 aromatic carbocycles. The van der Waals surface area contributed by atoms with Gasteiger partial charge in [-0.15, -0.1) is 0 Å². The molecule has 0 aromatic heterocycles. The fraction of sp³-hybridized carbons (Fsp3) is 0.364. The molecule has 32 heavy (non-hydrogen) atoms. The number of amides is 2. The van der Waals surface area contributed by atoms with Crippen molar-refractivity contribution in [3.05, 3.63) is 64.4 Å². The van der Waals surface area contributed by atoms with E-state index in [0.717, 1.165) is 10.6 Å². The number of carbonyl (C=O) groups excluding carboxylic acids is 2. The number of benzene rings is 2. The number of nitrogens with one attached hydrogen (secondary N) is 1. The molecule has 0 saturated heterocycles. The Kier molecular flexibility index (Phi) is 8.63. The molecule has 174 valence electrons. The average Bonchev–Trinajstić information content (AvgIpc) is 2.71. The third-order valence-corrected chi connectivity index (χ3v) is 6.25. The largest absolute Gasteiger partial charge is 0.355 e. The lowest BCUT2D eigenvalue weighted by atomic mass is 10.1. The van der Waals surface area contributed by atoms with Gasteiger partial charge in [-0.05, 0) is 62.2 Å². The van der Waals surface area contributed by atoms with Crippen LogP contribution >= 0.6 is 11.6 Å². The van der Waals surface area contributed by atoms with Gasteiger partial charge in [0.25, 0.3) is 0 Å². The number of halogens is 2. The molecule has 7 nitrogen and oxygen atoms in total. The highest BCUT2D eigenvalue weighted by molar-refractivity contribution is 7.92. The second-order valence-corrected chi connectivity index (χ2v) is 9.76. The van der Waals surface area contributed by atoms with E-state index in [1.807, 2.05) is 0 Å². The lowest BCUT2D eigenvalue weighted by molar-refractivity contribution is -0.139. The second kappa shape index (κ2) is 10.8. The fourth-order valence-electron chi connectivity index (χ4n) is 3.18. The van der Waals surface area contributed by atoms with E-state index in [9.17, 15) is 22.4 Å². The summed E-state index contributed by atoms with van der Waals surface area (Å²) in [5.41, 5.74) is 1.50. The van der Waals surface area contributed by atoms with E-state index >= 15 is 0 Å². The minimum absolute atomic E-state index is 0.00855. The van der Waals surface area contributed by atoms with Crippen molar-refractivity contribution >= 4 is 39.1 Å². The number of sulfonamides is 1. The third-order valence-electron chi connectivity index (χ3n) is 4.89. The molecule has 2 amide bonds. The molecule has 1 N–H and O–H groups in total. The van der Waals surface area contributed by atoms with Crippen LogP contribution in [0.4, 0.5) is 10.1 Å². The van der Waals surface area contributed by atoms with Crippen LogP contribution in [0, 0.1) is 12.7 Å². The van der Waals surface area contributed by atoms with Crippen molar-refractivity contribution in [1.29, 1.82) is 0 Å². The topological polar surface area (TPSA) is 86.8 Å². The Bertz CT molecular complexity index is 1080. The molecule has 0 fully saturated rings. The molecular weight excluding hydrogens is 457 g/mol. The van der Waals surface area contributed by atoms with Crippen molar-refractivity contribution in [2.45, 2.75) is 33.4 Å². The highest BCUT2D eigenvalue weighted by Gasteiger charge is 2.30. The monoisotopic (exact) mass is 483 g/mol. The maximum Gasteiger partial charge on any atom is 0.244 e. The van der Waals surface area contributed by atoms with Crippen LogP contribution in [0.1, 0.15) is 25.0 Å². The maximum absolute atomic E-state index is 13.3. The van der Waals surface area contributed by atoms with E-state index in [1.165, 1.54) is 35.2 Å². The van der Waals surface area contributed by atoms with Crippen molar-refractivity contribution in [2.24, 2.45) is 0 Å². The van der Waals surface area contributed by atoms with E-state index in [-0.39, 0.29) is 12.5 Å². The molecule has 0 spiro atoms. The predicted octanol–water partition coefficient (Wildman–Crippen LogP) is 3.11. The number of nitrogens with zero attached hydrogens (tertiary/aromatic N) is 2. The Morgan fingerprint density at radius 2 is 1.78 bits per heavy atom. The van der Waals surface area contributed by atoms with Crippen LogP contribution in [0.3, 0.4) is 0 Å². The molecule has 1 atom stereocenters. The lowest BCUT2D eigenvalue weighted by Crippen LogP contribution is -2.51. The number of aryl methyl sites for hydroxylation is 1. The van der Waals surface area contributed by atoms with Crippen LogP contribution in [0.15, 0.2) is 42.5 Å². The number of carbonyl (C=O) groups is 2. The van der Waals surface area contributed by atoms with Crippen molar-refractivity contribution in [3.63, 3.8) is 0 Å². The number of rotatable bonds is 9. The quantitative estimate of drug-likeness (QED) is 0.593. The summed E-state index contributed by atoms with van der Waals surface area (Å²) >= 11 is 5.99. The van der Waals surface area contributed by atoms with E-state index < -0.39 is 34.3 Å². The van der Waals surface area contributed by atoms with Gasteiger partial charge in [0.15, 0.2) is 0 Å². The molecule has 0 aliphatic carbocycles. The van der Waals surface area contributed by atoms with Crippen molar-refractivity contribution in [1.82, 2.24) is 10.2 Å². The summed E-state index contributed by atoms with van der Waals surface area (Å²) in [6, 6.07) is 9.34. The number of anilines is 1. The van der Waals surface area contributed by atoms with Gasteiger partial charge in [-0.1, -0.05) is 23.7 Å². The normalized spacial score (nSPS) is 12.2. The minimum atomic E-state index is -3.82. The molecule has 0 aliphatic rings. The van der Waals surface area contributed by atoms with Crippen LogP contribution in [-0.4, -0.2) is 50.5 Å². The van der Waals surface area contributed by atoms with E-state index in [4.69, 9.17) is 11.6 Å². The van der Waals surface area contributed by atoms with Crippen molar-refractivity contribution in [3.8, 4) is 0 Å². The van der Waals surface area contributed by atoms with Gasteiger partial charge in [-0.3, -0.25) is 13.9 Å². The van der Waals surface area contributed by atoms with Gasteiger partial charge in [0, 0.05) is 18.1 Å². The van der Waals surface area contributed by atoms with Crippen LogP contribution in [0.2, 0.25) is 5.02 Å². The molecular formula is C22H27ClFN3O4S. The van der Waals surface area contributed by atoms with E-state index in [1.54, 1.807) is 32.9 Å². The number of likely N-dealkylation sites (N-methyl/N-ethyl adjacent to an activating group) is 1. The van der Waals surface area contributed by atoms with Gasteiger partial charge >= 0.3 is 0 Å². The minimum Gasteiger partial charge on any atom is -0.355 e. The van der Waals surface area contributed by atoms with Gasteiger partial charge in [-0.25, -0.2) is 12.8 Å². The Balaban J connectivity index is 2.40. The molecule has 0 aliphatic heterocycles. The Hall–Kier alpha value is -2.65. The van der Waals surface area contributed by atoms with Gasteiger partial charge in [-0.2, -0.15) is 0 Å². The highest BCUT2D eigenvalue weighted by Crippen LogP contribution is 2.26. The first kappa shape index (κ1) is 25.6. The van der Waals surface area contributed by atoms with Crippen molar-refractivity contribution < 1.29 is 22.4 Å². The van der Waals surface area contributed by atoms with E-state index in [0.29, 0.717) is 28.4 Å². The third kappa shape index (κ3) is 6.67. The zero-order valence-corrected chi connectivity index (χ0v) is 20.0. The van der Waals surface area contributed by atoms with Crippen LogP contribution in [0.5, 0.6) is 0 Å². The Labute approximate surface area is 193 Å². The number of hydrogen-bond acceptors (Lipinski definition) is 4. The second-order valence-electron chi connectivity index (χ2n) is 7.42. The van der Waals surface area contributed by atoms with E-state index in [2.05, 4.69) is 5.32 Å². The SMILES string of the molecule is CCNC(=O)C(C)N(Cc1ccc(F)cc1)C(=O)CN(c1ccc(Cl)cc1C)S(C)(=O)=O. The number of hydrogen-bond donors (Lipinski definition) is 1. The van der Waals surface area contributed by atoms with Gasteiger partial charge in [0.05, 0.1) is 11.9 Å². The summed E-state index contributed by atoms with van der Waals surface area (Å²) in [6.07, 6.45) is 1.01. The zero-order chi connectivity index (χ0) is 24.1. The summed E-state index contributed by atoms with van der Waals surface area (Å²) < 4.78 is 39.3. The van der Waals surface area contributed by atoms with Gasteiger partial charge in [0.1, 0.15) is 18.4 Å².